The number of benzene rings is 2. The van der Waals surface area contributed by atoms with E-state index in [9.17, 15) is 19.1 Å². The van der Waals surface area contributed by atoms with Crippen molar-refractivity contribution in [3.05, 3.63) is 69.7 Å². The second kappa shape index (κ2) is 6.97. The summed E-state index contributed by atoms with van der Waals surface area (Å²) in [6, 6.07) is 9.87. The fourth-order valence-electron chi connectivity index (χ4n) is 3.56. The molecule has 0 unspecified atom stereocenters. The lowest BCUT2D eigenvalue weighted by Crippen LogP contribution is -2.42. The van der Waals surface area contributed by atoms with E-state index < -0.39 is 22.8 Å². The molecule has 1 aromatic heterocycles. The van der Waals surface area contributed by atoms with Gasteiger partial charge in [-0.3, -0.25) is 14.2 Å². The molecule has 0 atom stereocenters. The zero-order valence-electron chi connectivity index (χ0n) is 16.0. The summed E-state index contributed by atoms with van der Waals surface area (Å²) >= 11 is 0. The minimum Gasteiger partial charge on any atom is -0.501 e. The van der Waals surface area contributed by atoms with E-state index >= 15 is 0 Å². The molecule has 7 nitrogen and oxygen atoms in total. The molecule has 0 fully saturated rings. The minimum absolute atomic E-state index is 0.0824. The van der Waals surface area contributed by atoms with Crippen molar-refractivity contribution < 1.29 is 19.0 Å². The molecule has 2 N–H and O–H groups in total. The summed E-state index contributed by atoms with van der Waals surface area (Å²) in [6.07, 6.45) is 0. The number of ether oxygens (including phenoxy) is 1. The lowest BCUT2D eigenvalue weighted by Gasteiger charge is -2.32. The largest absolute Gasteiger partial charge is 0.501 e. The van der Waals surface area contributed by atoms with Crippen LogP contribution in [0.1, 0.15) is 35.7 Å². The number of hydrogen-bond acceptors (Lipinski definition) is 5. The highest BCUT2D eigenvalue weighted by atomic mass is 19.1. The van der Waals surface area contributed by atoms with Gasteiger partial charge in [-0.2, -0.15) is 0 Å². The molecule has 3 aromatic rings. The summed E-state index contributed by atoms with van der Waals surface area (Å²) in [4.78, 5) is 29.4. The average Bonchev–Trinajstić information content (AvgIpc) is 2.70. The molecule has 1 amide bonds. The summed E-state index contributed by atoms with van der Waals surface area (Å²) in [7, 11) is 0. The van der Waals surface area contributed by atoms with Gasteiger partial charge in [0.25, 0.3) is 11.5 Å². The summed E-state index contributed by atoms with van der Waals surface area (Å²) in [5.74, 6) is -1.46. The van der Waals surface area contributed by atoms with Gasteiger partial charge in [-0.15, -0.1) is 0 Å². The molecule has 0 radical (unpaired) electrons. The minimum atomic E-state index is -0.868. The summed E-state index contributed by atoms with van der Waals surface area (Å²) in [5, 5.41) is 14.0. The fourth-order valence-corrected chi connectivity index (χ4v) is 3.56. The third-order valence-corrected chi connectivity index (χ3v) is 5.08. The molecule has 4 rings (SSSR count). The van der Waals surface area contributed by atoms with Crippen LogP contribution in [0.15, 0.2) is 41.2 Å². The molecule has 2 heterocycles. The number of aromatic nitrogens is 2. The Morgan fingerprint density at radius 1 is 1.28 bits per heavy atom. The van der Waals surface area contributed by atoms with Crippen molar-refractivity contribution in [2.24, 2.45) is 0 Å². The highest BCUT2D eigenvalue weighted by Crippen LogP contribution is 2.27. The van der Waals surface area contributed by atoms with Gasteiger partial charge in [0.2, 0.25) is 5.75 Å². The number of carbonyl (C=O) groups is 1. The Kier molecular flexibility index (Phi) is 4.58. The molecule has 1 aliphatic rings. The van der Waals surface area contributed by atoms with E-state index in [1.165, 1.54) is 10.6 Å². The van der Waals surface area contributed by atoms with Crippen molar-refractivity contribution in [3.63, 3.8) is 0 Å². The van der Waals surface area contributed by atoms with Gasteiger partial charge in [0.05, 0.1) is 13.2 Å². The topological polar surface area (TPSA) is 93.5 Å². The standard InChI is InChI=1S/C21H20FN3O4/c1-21(2)20-24-16(17(26)19(28)25(20)9-10-29-21)18(27)23-11-12-7-8-15(22)14-6-4-3-5-13(12)14/h3-8,26H,9-11H2,1-2H3,(H,23,27). The SMILES string of the molecule is CC1(C)OCCn2c1nc(C(=O)NCc1ccc(F)c3ccccc13)c(O)c2=O. The van der Waals surface area contributed by atoms with Crippen LogP contribution in [0.3, 0.4) is 0 Å². The van der Waals surface area contributed by atoms with Gasteiger partial charge in [0, 0.05) is 11.9 Å². The lowest BCUT2D eigenvalue weighted by atomic mass is 10.0. The van der Waals surface area contributed by atoms with Crippen LogP contribution in [0.4, 0.5) is 4.39 Å². The number of carbonyl (C=O) groups excluding carboxylic acids is 1. The van der Waals surface area contributed by atoms with Gasteiger partial charge >= 0.3 is 0 Å². The fraction of sp³-hybridized carbons (Fsp3) is 0.286. The predicted molar refractivity (Wildman–Crippen MR) is 104 cm³/mol. The van der Waals surface area contributed by atoms with E-state index in [4.69, 9.17) is 4.74 Å². The van der Waals surface area contributed by atoms with Crippen LogP contribution in [0.25, 0.3) is 10.8 Å². The molecule has 0 bridgehead atoms. The van der Waals surface area contributed by atoms with Crippen molar-refractivity contribution in [1.29, 1.82) is 0 Å². The smallest absolute Gasteiger partial charge is 0.296 e. The van der Waals surface area contributed by atoms with Crippen LogP contribution in [0, 0.1) is 5.82 Å². The van der Waals surface area contributed by atoms with E-state index in [1.807, 2.05) is 0 Å². The molecule has 150 valence electrons. The van der Waals surface area contributed by atoms with Gasteiger partial charge in [0.15, 0.2) is 5.69 Å². The van der Waals surface area contributed by atoms with E-state index in [0.29, 0.717) is 22.9 Å². The number of amides is 1. The van der Waals surface area contributed by atoms with Gasteiger partial charge < -0.3 is 15.2 Å². The maximum absolute atomic E-state index is 14.0. The van der Waals surface area contributed by atoms with Crippen LogP contribution in [-0.2, 0) is 23.4 Å². The van der Waals surface area contributed by atoms with Crippen LogP contribution >= 0.6 is 0 Å². The molecule has 2 aromatic carbocycles. The first-order chi connectivity index (χ1) is 13.8. The Morgan fingerprint density at radius 3 is 2.76 bits per heavy atom. The van der Waals surface area contributed by atoms with Gasteiger partial charge in [-0.05, 0) is 30.9 Å². The van der Waals surface area contributed by atoms with Crippen LogP contribution < -0.4 is 10.9 Å². The number of hydrogen-bond donors (Lipinski definition) is 2. The monoisotopic (exact) mass is 397 g/mol. The highest BCUT2D eigenvalue weighted by molar-refractivity contribution is 5.95. The molecule has 0 saturated heterocycles. The first-order valence-corrected chi connectivity index (χ1v) is 9.22. The Bertz CT molecular complexity index is 1190. The van der Waals surface area contributed by atoms with E-state index in [1.54, 1.807) is 44.2 Å². The van der Waals surface area contributed by atoms with Crippen molar-refractivity contribution >= 4 is 16.7 Å². The van der Waals surface area contributed by atoms with Gasteiger partial charge in [0.1, 0.15) is 17.2 Å². The zero-order valence-corrected chi connectivity index (χ0v) is 16.0. The van der Waals surface area contributed by atoms with Crippen molar-refractivity contribution in [2.75, 3.05) is 6.61 Å². The second-order valence-electron chi connectivity index (χ2n) is 7.38. The highest BCUT2D eigenvalue weighted by Gasteiger charge is 2.34. The van der Waals surface area contributed by atoms with Crippen molar-refractivity contribution in [1.82, 2.24) is 14.9 Å². The Balaban J connectivity index is 1.66. The number of aromatic hydroxyl groups is 1. The molecule has 1 aliphatic heterocycles. The molecule has 29 heavy (non-hydrogen) atoms. The third-order valence-electron chi connectivity index (χ3n) is 5.08. The molecule has 8 heteroatoms. The Labute approximate surface area is 165 Å². The predicted octanol–water partition coefficient (Wildman–Crippen LogP) is 2.44. The number of nitrogens with zero attached hydrogens (tertiary/aromatic N) is 2. The quantitative estimate of drug-likeness (QED) is 0.708. The van der Waals surface area contributed by atoms with Gasteiger partial charge in [-0.1, -0.05) is 30.3 Å². The van der Waals surface area contributed by atoms with Crippen LogP contribution in [0.2, 0.25) is 0 Å². The van der Waals surface area contributed by atoms with E-state index in [2.05, 4.69) is 10.3 Å². The molecule has 0 aliphatic carbocycles. The number of fused-ring (bicyclic) bond motifs is 2. The number of halogens is 1. The number of rotatable bonds is 3. The first-order valence-electron chi connectivity index (χ1n) is 9.22. The lowest BCUT2D eigenvalue weighted by molar-refractivity contribution is -0.0566. The molecular formula is C21H20FN3O4. The second-order valence-corrected chi connectivity index (χ2v) is 7.38. The van der Waals surface area contributed by atoms with E-state index in [0.717, 1.165) is 0 Å². The molecular weight excluding hydrogens is 377 g/mol. The van der Waals surface area contributed by atoms with Crippen molar-refractivity contribution in [3.8, 4) is 5.75 Å². The third kappa shape index (κ3) is 3.25. The maximum atomic E-state index is 14.0. The Morgan fingerprint density at radius 2 is 2.00 bits per heavy atom. The van der Waals surface area contributed by atoms with Crippen LogP contribution in [-0.4, -0.2) is 27.2 Å². The van der Waals surface area contributed by atoms with Gasteiger partial charge in [-0.25, -0.2) is 9.37 Å². The number of nitrogens with one attached hydrogen (secondary N) is 1. The van der Waals surface area contributed by atoms with Crippen molar-refractivity contribution in [2.45, 2.75) is 32.5 Å². The Hall–Kier alpha value is -3.26. The average molecular weight is 397 g/mol. The van der Waals surface area contributed by atoms with Crippen LogP contribution in [0.5, 0.6) is 5.75 Å². The summed E-state index contributed by atoms with van der Waals surface area (Å²) in [6.45, 7) is 4.13. The molecule has 0 saturated carbocycles. The zero-order chi connectivity index (χ0) is 20.8. The molecule has 0 spiro atoms. The first kappa shape index (κ1) is 19.1. The summed E-state index contributed by atoms with van der Waals surface area (Å²) < 4.78 is 20.9. The maximum Gasteiger partial charge on any atom is 0.296 e. The normalized spacial score (nSPS) is 15.1. The summed E-state index contributed by atoms with van der Waals surface area (Å²) in [5.41, 5.74) is -1.20. The van der Waals surface area contributed by atoms with E-state index in [-0.39, 0.29) is 30.4 Å².